The fourth-order valence-electron chi connectivity index (χ4n) is 5.27. The van der Waals surface area contributed by atoms with E-state index in [1.807, 2.05) is 6.92 Å². The molecule has 0 bridgehead atoms. The largest absolute Gasteiger partial charge is 0.328 e. The summed E-state index contributed by atoms with van der Waals surface area (Å²) in [6.07, 6.45) is 0. The number of hydrogen-bond donors (Lipinski definition) is 2. The lowest BCUT2D eigenvalue weighted by Gasteiger charge is -2.42. The first-order valence-corrected chi connectivity index (χ1v) is 14.3. The van der Waals surface area contributed by atoms with Crippen LogP contribution in [0, 0.1) is 13.8 Å². The fraction of sp³-hybridized carbons (Fsp3) is 0.625. The maximum atomic E-state index is 10.3. The van der Waals surface area contributed by atoms with E-state index in [0.29, 0.717) is 0 Å². The number of aryl methyl sites for hydroxylation is 2. The molecule has 36 heavy (non-hydrogen) atoms. The zero-order valence-electron chi connectivity index (χ0n) is 25.6. The van der Waals surface area contributed by atoms with E-state index >= 15 is 0 Å². The van der Waals surface area contributed by atoms with Crippen LogP contribution in [0.1, 0.15) is 135 Å². The van der Waals surface area contributed by atoms with Crippen molar-refractivity contribution in [3.8, 4) is 0 Å². The second-order valence-electron chi connectivity index (χ2n) is 14.8. The SMILES string of the molecule is Cc1cc(C(C)(C)C)cc(C(C)(C)C)c1C(C)(OP(O)O)c1c(C)cc(C(C)(C)C)cc1C(C)(C)C. The molecule has 2 rings (SSSR count). The van der Waals surface area contributed by atoms with Gasteiger partial charge in [-0.25, -0.2) is 0 Å². The molecule has 0 aliphatic rings. The average molecular weight is 515 g/mol. The molecular weight excluding hydrogens is 463 g/mol. The molecule has 0 aromatic heterocycles. The van der Waals surface area contributed by atoms with Crippen LogP contribution in [0.4, 0.5) is 0 Å². The van der Waals surface area contributed by atoms with E-state index in [1.54, 1.807) is 0 Å². The summed E-state index contributed by atoms with van der Waals surface area (Å²) < 4.78 is 6.27. The molecule has 202 valence electrons. The predicted octanol–water partition coefficient (Wildman–Crippen LogP) is 8.99. The van der Waals surface area contributed by atoms with Crippen molar-refractivity contribution < 1.29 is 14.3 Å². The molecule has 0 heterocycles. The van der Waals surface area contributed by atoms with E-state index in [0.717, 1.165) is 22.3 Å². The lowest BCUT2D eigenvalue weighted by Crippen LogP contribution is -2.36. The zero-order chi connectivity index (χ0) is 28.2. The Morgan fingerprint density at radius 2 is 0.833 bits per heavy atom. The number of rotatable bonds is 4. The first-order valence-electron chi connectivity index (χ1n) is 13.1. The van der Waals surface area contributed by atoms with Crippen molar-refractivity contribution in [1.29, 1.82) is 0 Å². The summed E-state index contributed by atoms with van der Waals surface area (Å²) in [5, 5.41) is 0. The molecule has 0 aliphatic carbocycles. The van der Waals surface area contributed by atoms with Crippen LogP contribution in [0.25, 0.3) is 0 Å². The van der Waals surface area contributed by atoms with Crippen LogP contribution in [0.15, 0.2) is 24.3 Å². The number of benzene rings is 2. The molecule has 0 saturated carbocycles. The summed E-state index contributed by atoms with van der Waals surface area (Å²) in [5.74, 6) is 0. The number of hydrogen-bond acceptors (Lipinski definition) is 3. The lowest BCUT2D eigenvalue weighted by atomic mass is 9.68. The predicted molar refractivity (Wildman–Crippen MR) is 156 cm³/mol. The van der Waals surface area contributed by atoms with Gasteiger partial charge in [-0.2, -0.15) is 0 Å². The second-order valence-corrected chi connectivity index (χ2v) is 15.5. The fourth-order valence-corrected chi connectivity index (χ4v) is 5.78. The minimum absolute atomic E-state index is 0.0119. The summed E-state index contributed by atoms with van der Waals surface area (Å²) >= 11 is 0. The normalized spacial score (nSPS) is 14.1. The summed E-state index contributed by atoms with van der Waals surface area (Å²) in [7, 11) is -2.62. The Morgan fingerprint density at radius 3 is 1.06 bits per heavy atom. The highest BCUT2D eigenvalue weighted by Crippen LogP contribution is 2.52. The van der Waals surface area contributed by atoms with Gasteiger partial charge in [-0.3, -0.25) is 4.52 Å². The molecule has 2 aromatic carbocycles. The molecular formula is C32H51O3P. The van der Waals surface area contributed by atoms with E-state index in [9.17, 15) is 9.79 Å². The molecule has 3 nitrogen and oxygen atoms in total. The highest BCUT2D eigenvalue weighted by molar-refractivity contribution is 7.39. The molecule has 4 heteroatoms. The molecule has 2 aromatic rings. The first kappa shape index (κ1) is 31.0. The van der Waals surface area contributed by atoms with Crippen LogP contribution >= 0.6 is 8.60 Å². The Labute approximate surface area is 222 Å². The van der Waals surface area contributed by atoms with E-state index in [2.05, 4.69) is 121 Å². The molecule has 0 radical (unpaired) electrons. The first-order chi connectivity index (χ1) is 15.9. The topological polar surface area (TPSA) is 49.7 Å². The van der Waals surface area contributed by atoms with Crippen molar-refractivity contribution in [2.24, 2.45) is 0 Å². The van der Waals surface area contributed by atoms with E-state index in [1.165, 1.54) is 22.3 Å². The zero-order valence-corrected chi connectivity index (χ0v) is 26.5. The van der Waals surface area contributed by atoms with Gasteiger partial charge in [0.1, 0.15) is 5.60 Å². The van der Waals surface area contributed by atoms with Gasteiger partial charge in [0.05, 0.1) is 0 Å². The molecule has 0 unspecified atom stereocenters. The van der Waals surface area contributed by atoms with Crippen LogP contribution < -0.4 is 0 Å². The summed E-state index contributed by atoms with van der Waals surface area (Å²) in [6, 6.07) is 9.10. The third-order valence-corrected chi connectivity index (χ3v) is 7.77. The molecule has 0 fully saturated rings. The maximum absolute atomic E-state index is 10.3. The van der Waals surface area contributed by atoms with Crippen molar-refractivity contribution >= 4 is 8.60 Å². The van der Waals surface area contributed by atoms with Gasteiger partial charge in [0.15, 0.2) is 0 Å². The Morgan fingerprint density at radius 1 is 0.528 bits per heavy atom. The summed E-state index contributed by atoms with van der Waals surface area (Å²) in [6.45, 7) is 33.0. The Kier molecular flexibility index (Phi) is 8.44. The van der Waals surface area contributed by atoms with Gasteiger partial charge >= 0.3 is 8.60 Å². The highest BCUT2D eigenvalue weighted by Gasteiger charge is 2.43. The van der Waals surface area contributed by atoms with Gasteiger partial charge in [-0.15, -0.1) is 0 Å². The molecule has 0 saturated heterocycles. The van der Waals surface area contributed by atoms with Crippen molar-refractivity contribution in [1.82, 2.24) is 0 Å². The Bertz CT molecular complexity index is 1020. The van der Waals surface area contributed by atoms with Crippen LogP contribution in [-0.2, 0) is 31.8 Å². The quantitative estimate of drug-likeness (QED) is 0.400. The standard InChI is InChI=1S/C32H51O3P/c1-20-16-22(28(3,4)5)18-24(30(9,10)11)26(20)32(15,35-36(33)34)27-21(2)17-23(29(6,7)8)19-25(27)31(12,13)14/h16-19,33-34H,1-15H3. The lowest BCUT2D eigenvalue weighted by molar-refractivity contribution is 0.105. The van der Waals surface area contributed by atoms with E-state index in [-0.39, 0.29) is 21.7 Å². The van der Waals surface area contributed by atoms with Crippen LogP contribution in [-0.4, -0.2) is 9.79 Å². The van der Waals surface area contributed by atoms with Crippen LogP contribution in [0.5, 0.6) is 0 Å². The van der Waals surface area contributed by atoms with Gasteiger partial charge in [0, 0.05) is 0 Å². The van der Waals surface area contributed by atoms with Gasteiger partial charge in [0.2, 0.25) is 0 Å². The average Bonchev–Trinajstić information content (AvgIpc) is 2.62. The van der Waals surface area contributed by atoms with Crippen LogP contribution in [0.2, 0.25) is 0 Å². The third kappa shape index (κ3) is 6.41. The summed E-state index contributed by atoms with van der Waals surface area (Å²) in [4.78, 5) is 20.7. The molecule has 2 N–H and O–H groups in total. The summed E-state index contributed by atoms with van der Waals surface area (Å²) in [5.41, 5.74) is 7.69. The van der Waals surface area contributed by atoms with Crippen LogP contribution in [0.3, 0.4) is 0 Å². The van der Waals surface area contributed by atoms with Crippen molar-refractivity contribution in [2.45, 2.75) is 131 Å². The molecule has 0 spiro atoms. The van der Waals surface area contributed by atoms with E-state index in [4.69, 9.17) is 4.52 Å². The van der Waals surface area contributed by atoms with Gasteiger partial charge in [-0.1, -0.05) is 107 Å². The smallest absolute Gasteiger partial charge is 0.328 e. The Balaban J connectivity index is 3.16. The second kappa shape index (κ2) is 9.81. The van der Waals surface area contributed by atoms with Gasteiger partial charge in [0.25, 0.3) is 0 Å². The monoisotopic (exact) mass is 514 g/mol. The molecule has 0 aliphatic heterocycles. The van der Waals surface area contributed by atoms with Crippen molar-refractivity contribution in [3.63, 3.8) is 0 Å². The minimum Gasteiger partial charge on any atom is -0.328 e. The molecule has 0 atom stereocenters. The van der Waals surface area contributed by atoms with Gasteiger partial charge < -0.3 is 9.79 Å². The van der Waals surface area contributed by atoms with Gasteiger partial charge in [-0.05, 0) is 86.9 Å². The Hall–Kier alpha value is -1.25. The molecule has 0 amide bonds. The highest BCUT2D eigenvalue weighted by atomic mass is 31.2. The van der Waals surface area contributed by atoms with Crippen molar-refractivity contribution in [3.05, 3.63) is 68.8 Å². The van der Waals surface area contributed by atoms with Crippen molar-refractivity contribution in [2.75, 3.05) is 0 Å². The van der Waals surface area contributed by atoms with E-state index < -0.39 is 14.2 Å². The maximum Gasteiger partial charge on any atom is 0.328 e. The third-order valence-electron chi connectivity index (χ3n) is 7.24. The minimum atomic E-state index is -2.62.